The van der Waals surface area contributed by atoms with Crippen LogP contribution in [-0.4, -0.2) is 31.4 Å². The van der Waals surface area contributed by atoms with E-state index in [2.05, 4.69) is 34.9 Å². The second-order valence-electron chi connectivity index (χ2n) is 6.14. The summed E-state index contributed by atoms with van der Waals surface area (Å²) in [6.07, 6.45) is 1.05. The van der Waals surface area contributed by atoms with Gasteiger partial charge in [-0.25, -0.2) is 0 Å². The lowest BCUT2D eigenvalue weighted by molar-refractivity contribution is -0.120. The van der Waals surface area contributed by atoms with Gasteiger partial charge in [0.2, 0.25) is 5.91 Å². The molecule has 2 unspecified atom stereocenters. The van der Waals surface area contributed by atoms with Gasteiger partial charge in [0.1, 0.15) is 5.75 Å². The van der Waals surface area contributed by atoms with Crippen molar-refractivity contribution in [2.24, 2.45) is 0 Å². The fourth-order valence-corrected chi connectivity index (χ4v) is 3.93. The van der Waals surface area contributed by atoms with Gasteiger partial charge in [-0.3, -0.25) is 4.79 Å². The average molecular weight is 356 g/mol. The maximum Gasteiger partial charge on any atom is 0.233 e. The number of fused-ring (bicyclic) bond motifs is 1. The standard InChI is InChI=1S/C20H24N2O2S/c1-14(25-17-9-7-16(24-2)8-10-17)20(23)22-13-19-18-6-4-3-5-15(18)11-12-21-19/h3-10,14,19,21H,11-13H2,1-2H3,(H,22,23). The van der Waals surface area contributed by atoms with Crippen LogP contribution < -0.4 is 15.4 Å². The fraction of sp³-hybridized carbons (Fsp3) is 0.350. The van der Waals surface area contributed by atoms with Crippen LogP contribution in [-0.2, 0) is 11.2 Å². The third kappa shape index (κ3) is 4.55. The molecule has 25 heavy (non-hydrogen) atoms. The number of amides is 1. The van der Waals surface area contributed by atoms with Crippen LogP contribution in [0.4, 0.5) is 0 Å². The van der Waals surface area contributed by atoms with E-state index in [4.69, 9.17) is 4.74 Å². The van der Waals surface area contributed by atoms with E-state index in [0.29, 0.717) is 6.54 Å². The number of carbonyl (C=O) groups excluding carboxylic acids is 1. The SMILES string of the molecule is COc1ccc(SC(C)C(=O)NCC2NCCc3ccccc32)cc1. The van der Waals surface area contributed by atoms with Gasteiger partial charge in [-0.2, -0.15) is 0 Å². The third-order valence-corrected chi connectivity index (χ3v) is 5.55. The van der Waals surface area contributed by atoms with Crippen molar-refractivity contribution in [2.45, 2.75) is 29.5 Å². The van der Waals surface area contributed by atoms with E-state index in [1.165, 1.54) is 11.1 Å². The van der Waals surface area contributed by atoms with Gasteiger partial charge in [-0.15, -0.1) is 11.8 Å². The van der Waals surface area contributed by atoms with Crippen LogP contribution in [0.5, 0.6) is 5.75 Å². The summed E-state index contributed by atoms with van der Waals surface area (Å²) in [7, 11) is 1.65. The zero-order valence-corrected chi connectivity index (χ0v) is 15.4. The highest BCUT2D eigenvalue weighted by Gasteiger charge is 2.21. The van der Waals surface area contributed by atoms with Gasteiger partial charge >= 0.3 is 0 Å². The van der Waals surface area contributed by atoms with E-state index in [1.807, 2.05) is 31.2 Å². The van der Waals surface area contributed by atoms with Crippen LogP contribution in [0, 0.1) is 0 Å². The summed E-state index contributed by atoms with van der Waals surface area (Å²) in [5.41, 5.74) is 2.67. The van der Waals surface area contributed by atoms with Crippen molar-refractivity contribution in [1.29, 1.82) is 0 Å². The first-order valence-electron chi connectivity index (χ1n) is 8.57. The minimum Gasteiger partial charge on any atom is -0.497 e. The zero-order valence-electron chi connectivity index (χ0n) is 14.6. The number of rotatable bonds is 6. The molecule has 1 aliphatic heterocycles. The van der Waals surface area contributed by atoms with Crippen LogP contribution >= 0.6 is 11.8 Å². The Morgan fingerprint density at radius 1 is 1.28 bits per heavy atom. The Morgan fingerprint density at radius 2 is 2.04 bits per heavy atom. The first kappa shape index (κ1) is 17.8. The van der Waals surface area contributed by atoms with E-state index in [9.17, 15) is 4.79 Å². The lowest BCUT2D eigenvalue weighted by Gasteiger charge is -2.27. The predicted molar refractivity (Wildman–Crippen MR) is 102 cm³/mol. The molecule has 0 aliphatic carbocycles. The summed E-state index contributed by atoms with van der Waals surface area (Å²) in [6.45, 7) is 3.50. The summed E-state index contributed by atoms with van der Waals surface area (Å²) in [5, 5.41) is 6.44. The number of ether oxygens (including phenoxy) is 1. The lowest BCUT2D eigenvalue weighted by atomic mass is 9.94. The molecule has 0 saturated carbocycles. The average Bonchev–Trinajstić information content (AvgIpc) is 2.66. The molecule has 2 N–H and O–H groups in total. The lowest BCUT2D eigenvalue weighted by Crippen LogP contribution is -2.41. The van der Waals surface area contributed by atoms with Gasteiger partial charge in [0.05, 0.1) is 12.4 Å². The molecule has 3 rings (SSSR count). The molecule has 0 aromatic heterocycles. The Labute approximate surface area is 153 Å². The Kier molecular flexibility index (Phi) is 6.00. The fourth-order valence-electron chi connectivity index (χ4n) is 3.03. The molecular formula is C20H24N2O2S. The minimum absolute atomic E-state index is 0.0608. The van der Waals surface area contributed by atoms with Crippen LogP contribution in [0.25, 0.3) is 0 Å². The number of nitrogens with one attached hydrogen (secondary N) is 2. The molecule has 1 amide bonds. The minimum atomic E-state index is -0.146. The number of methoxy groups -OCH3 is 1. The Bertz CT molecular complexity index is 718. The smallest absolute Gasteiger partial charge is 0.233 e. The molecule has 0 radical (unpaired) electrons. The quantitative estimate of drug-likeness (QED) is 0.781. The molecule has 2 aromatic carbocycles. The van der Waals surface area contributed by atoms with E-state index >= 15 is 0 Å². The van der Waals surface area contributed by atoms with Crippen LogP contribution in [0.2, 0.25) is 0 Å². The van der Waals surface area contributed by atoms with Crippen LogP contribution in [0.15, 0.2) is 53.4 Å². The van der Waals surface area contributed by atoms with Crippen molar-refractivity contribution >= 4 is 17.7 Å². The normalized spacial score (nSPS) is 17.4. The number of benzene rings is 2. The second-order valence-corrected chi connectivity index (χ2v) is 7.55. The van der Waals surface area contributed by atoms with Crippen molar-refractivity contribution < 1.29 is 9.53 Å². The van der Waals surface area contributed by atoms with Gasteiger partial charge in [-0.05, 0) is 55.3 Å². The molecule has 0 bridgehead atoms. The predicted octanol–water partition coefficient (Wildman–Crippen LogP) is 3.18. The molecule has 1 aliphatic rings. The van der Waals surface area contributed by atoms with Crippen molar-refractivity contribution in [3.63, 3.8) is 0 Å². The molecule has 132 valence electrons. The third-order valence-electron chi connectivity index (χ3n) is 4.44. The topological polar surface area (TPSA) is 50.4 Å². The molecular weight excluding hydrogens is 332 g/mol. The summed E-state index contributed by atoms with van der Waals surface area (Å²) in [6, 6.07) is 16.4. The van der Waals surface area contributed by atoms with E-state index < -0.39 is 0 Å². The van der Waals surface area contributed by atoms with Crippen molar-refractivity contribution in [2.75, 3.05) is 20.2 Å². The Morgan fingerprint density at radius 3 is 2.80 bits per heavy atom. The summed E-state index contributed by atoms with van der Waals surface area (Å²) >= 11 is 1.56. The first-order valence-corrected chi connectivity index (χ1v) is 9.45. The molecule has 0 fully saturated rings. The van der Waals surface area contributed by atoms with E-state index in [0.717, 1.165) is 23.6 Å². The van der Waals surface area contributed by atoms with Gasteiger partial charge in [0.25, 0.3) is 0 Å². The van der Waals surface area contributed by atoms with Crippen molar-refractivity contribution in [1.82, 2.24) is 10.6 Å². The van der Waals surface area contributed by atoms with E-state index in [-0.39, 0.29) is 17.2 Å². The molecule has 1 heterocycles. The van der Waals surface area contributed by atoms with Crippen LogP contribution in [0.1, 0.15) is 24.1 Å². The number of carbonyl (C=O) groups is 1. The van der Waals surface area contributed by atoms with Crippen molar-refractivity contribution in [3.8, 4) is 5.75 Å². The molecule has 2 aromatic rings. The molecule has 5 heteroatoms. The van der Waals surface area contributed by atoms with Gasteiger partial charge in [0, 0.05) is 17.5 Å². The monoisotopic (exact) mass is 356 g/mol. The Balaban J connectivity index is 1.53. The van der Waals surface area contributed by atoms with E-state index in [1.54, 1.807) is 18.9 Å². The highest BCUT2D eigenvalue weighted by Crippen LogP contribution is 2.26. The second kappa shape index (κ2) is 8.41. The number of hydrogen-bond acceptors (Lipinski definition) is 4. The first-order chi connectivity index (χ1) is 12.2. The summed E-state index contributed by atoms with van der Waals surface area (Å²) in [4.78, 5) is 13.5. The number of thioether (sulfide) groups is 1. The largest absolute Gasteiger partial charge is 0.497 e. The highest BCUT2D eigenvalue weighted by atomic mass is 32.2. The maximum absolute atomic E-state index is 12.4. The molecule has 0 spiro atoms. The highest BCUT2D eigenvalue weighted by molar-refractivity contribution is 8.00. The zero-order chi connectivity index (χ0) is 17.6. The van der Waals surface area contributed by atoms with Gasteiger partial charge in [0.15, 0.2) is 0 Å². The summed E-state index contributed by atoms with van der Waals surface area (Å²) < 4.78 is 5.16. The number of hydrogen-bond donors (Lipinski definition) is 2. The summed E-state index contributed by atoms with van der Waals surface area (Å²) in [5.74, 6) is 0.883. The molecule has 2 atom stereocenters. The Hall–Kier alpha value is -1.98. The van der Waals surface area contributed by atoms with Crippen LogP contribution in [0.3, 0.4) is 0 Å². The maximum atomic E-state index is 12.4. The molecule has 0 saturated heterocycles. The van der Waals surface area contributed by atoms with Gasteiger partial charge < -0.3 is 15.4 Å². The van der Waals surface area contributed by atoms with Crippen molar-refractivity contribution in [3.05, 3.63) is 59.7 Å². The van der Waals surface area contributed by atoms with Gasteiger partial charge in [-0.1, -0.05) is 24.3 Å². The molecule has 4 nitrogen and oxygen atoms in total.